The van der Waals surface area contributed by atoms with Crippen LogP contribution in [0.5, 0.6) is 0 Å². The molecule has 1 aromatic rings. The van der Waals surface area contributed by atoms with Crippen LogP contribution in [-0.4, -0.2) is 6.04 Å². The first-order valence-corrected chi connectivity index (χ1v) is 4.22. The zero-order valence-corrected chi connectivity index (χ0v) is 10.6. The van der Waals surface area contributed by atoms with Crippen LogP contribution in [0.4, 0.5) is 0 Å². The number of hydrogen-bond acceptors (Lipinski definition) is 2. The van der Waals surface area contributed by atoms with E-state index in [1.54, 1.807) is 11.3 Å². The molecule has 0 unspecified atom stereocenters. The standard InChI is InChI=1S/C8H12NS.Y/c1-6-3-8(10-5-6)4-7(2)9;/h3,7H,4,9H2,1-2H3;/q-1;/t7-;/m1./s1. The fraction of sp³-hybridized carbons (Fsp3) is 0.500. The fourth-order valence-corrected chi connectivity index (χ4v) is 1.80. The minimum absolute atomic E-state index is 0. The van der Waals surface area contributed by atoms with Gasteiger partial charge in [0.1, 0.15) is 0 Å². The minimum atomic E-state index is 0. The summed E-state index contributed by atoms with van der Waals surface area (Å²) in [5.74, 6) is 0. The van der Waals surface area contributed by atoms with Gasteiger partial charge in [0.2, 0.25) is 0 Å². The zero-order valence-electron chi connectivity index (χ0n) is 6.92. The van der Waals surface area contributed by atoms with Gasteiger partial charge in [-0.05, 0) is 6.04 Å². The van der Waals surface area contributed by atoms with Crippen LogP contribution in [0.25, 0.3) is 0 Å². The van der Waals surface area contributed by atoms with E-state index in [1.165, 1.54) is 10.4 Å². The number of rotatable bonds is 2. The molecule has 0 aliphatic carbocycles. The van der Waals surface area contributed by atoms with E-state index in [0.29, 0.717) is 0 Å². The first kappa shape index (κ1) is 11.8. The van der Waals surface area contributed by atoms with Crippen LogP contribution in [0.1, 0.15) is 17.4 Å². The number of hydrogen-bond donors (Lipinski definition) is 1. The van der Waals surface area contributed by atoms with E-state index in [-0.39, 0.29) is 38.8 Å². The van der Waals surface area contributed by atoms with Crippen molar-refractivity contribution in [1.82, 2.24) is 0 Å². The predicted molar refractivity (Wildman–Crippen MR) is 45.2 cm³/mol. The van der Waals surface area contributed by atoms with Crippen LogP contribution < -0.4 is 5.73 Å². The van der Waals surface area contributed by atoms with Crippen molar-refractivity contribution in [2.24, 2.45) is 5.73 Å². The van der Waals surface area contributed by atoms with E-state index in [1.807, 2.05) is 6.92 Å². The van der Waals surface area contributed by atoms with Crippen molar-refractivity contribution < 1.29 is 32.7 Å². The average Bonchev–Trinajstić information content (AvgIpc) is 2.13. The Morgan fingerprint density at radius 3 is 2.73 bits per heavy atom. The monoisotopic (exact) mass is 243 g/mol. The molecule has 3 heteroatoms. The molecule has 0 fully saturated rings. The average molecular weight is 243 g/mol. The maximum Gasteiger partial charge on any atom is 0 e. The predicted octanol–water partition coefficient (Wildman–Crippen LogP) is 1.74. The van der Waals surface area contributed by atoms with Gasteiger partial charge >= 0.3 is 0 Å². The topological polar surface area (TPSA) is 26.0 Å². The first-order valence-electron chi connectivity index (χ1n) is 3.41. The molecule has 0 amide bonds. The molecule has 1 aromatic heterocycles. The molecule has 0 saturated heterocycles. The van der Waals surface area contributed by atoms with Gasteiger partial charge < -0.3 is 17.1 Å². The third kappa shape index (κ3) is 4.36. The summed E-state index contributed by atoms with van der Waals surface area (Å²) in [4.78, 5) is 1.34. The summed E-state index contributed by atoms with van der Waals surface area (Å²) in [6.45, 7) is 4.08. The molecular formula is C8H12NSY-. The van der Waals surface area contributed by atoms with Crippen molar-refractivity contribution >= 4 is 11.3 Å². The molecule has 1 heterocycles. The van der Waals surface area contributed by atoms with Crippen molar-refractivity contribution in [1.29, 1.82) is 0 Å². The van der Waals surface area contributed by atoms with Crippen LogP contribution in [0.3, 0.4) is 0 Å². The normalized spacial score (nSPS) is 12.3. The number of aryl methyl sites for hydroxylation is 1. The van der Waals surface area contributed by atoms with Gasteiger partial charge in [0, 0.05) is 32.7 Å². The quantitative estimate of drug-likeness (QED) is 0.787. The summed E-state index contributed by atoms with van der Waals surface area (Å²) in [7, 11) is 0. The van der Waals surface area contributed by atoms with Crippen molar-refractivity contribution in [3.8, 4) is 0 Å². The van der Waals surface area contributed by atoms with Crippen molar-refractivity contribution in [3.63, 3.8) is 0 Å². The molecule has 59 valence electrons. The van der Waals surface area contributed by atoms with E-state index in [4.69, 9.17) is 5.73 Å². The molecule has 0 spiro atoms. The molecule has 11 heavy (non-hydrogen) atoms. The molecule has 0 saturated carbocycles. The fourth-order valence-electron chi connectivity index (χ4n) is 0.864. The Kier molecular flexibility index (Phi) is 5.79. The second kappa shape index (κ2) is 5.42. The third-order valence-electron chi connectivity index (χ3n) is 1.24. The maximum absolute atomic E-state index is 5.63. The molecule has 1 radical (unpaired) electrons. The second-order valence-electron chi connectivity index (χ2n) is 2.68. The summed E-state index contributed by atoms with van der Waals surface area (Å²) in [6, 6.07) is 2.42. The van der Waals surface area contributed by atoms with Gasteiger partial charge in [-0.3, -0.25) is 0 Å². The van der Waals surface area contributed by atoms with Crippen molar-refractivity contribution in [3.05, 3.63) is 21.9 Å². The molecular weight excluding hydrogens is 231 g/mol. The smallest absolute Gasteiger partial charge is 0 e. The third-order valence-corrected chi connectivity index (χ3v) is 2.21. The molecule has 0 aromatic carbocycles. The molecule has 0 bridgehead atoms. The summed E-state index contributed by atoms with van der Waals surface area (Å²) in [5.41, 5.74) is 6.85. The molecule has 1 nitrogen and oxygen atoms in total. The van der Waals surface area contributed by atoms with E-state index < -0.39 is 0 Å². The maximum atomic E-state index is 5.63. The number of thiophene rings is 1. The summed E-state index contributed by atoms with van der Waals surface area (Å²) < 4.78 is 0. The van der Waals surface area contributed by atoms with E-state index in [2.05, 4.69) is 18.4 Å². The molecule has 0 aliphatic heterocycles. The van der Waals surface area contributed by atoms with Crippen molar-refractivity contribution in [2.45, 2.75) is 26.3 Å². The molecule has 1 atom stereocenters. The Morgan fingerprint density at radius 2 is 2.36 bits per heavy atom. The zero-order chi connectivity index (χ0) is 7.56. The van der Waals surface area contributed by atoms with Gasteiger partial charge in [0.05, 0.1) is 0 Å². The van der Waals surface area contributed by atoms with Gasteiger partial charge in [-0.15, -0.1) is 10.3 Å². The Morgan fingerprint density at radius 1 is 1.73 bits per heavy atom. The molecule has 1 rings (SSSR count). The Bertz CT molecular complexity index is 208. The van der Waals surface area contributed by atoms with Gasteiger partial charge in [0.25, 0.3) is 0 Å². The van der Waals surface area contributed by atoms with E-state index in [0.717, 1.165) is 6.42 Å². The van der Waals surface area contributed by atoms with E-state index in [9.17, 15) is 0 Å². The largest absolute Gasteiger partial charge is 0.329 e. The summed E-state index contributed by atoms with van der Waals surface area (Å²) in [6.07, 6.45) is 0.981. The van der Waals surface area contributed by atoms with Crippen LogP contribution in [0, 0.1) is 12.3 Å². The Hall–Kier alpha value is 0.764. The van der Waals surface area contributed by atoms with Gasteiger partial charge in [-0.25, -0.2) is 0 Å². The van der Waals surface area contributed by atoms with Crippen LogP contribution in [-0.2, 0) is 39.1 Å². The van der Waals surface area contributed by atoms with Crippen molar-refractivity contribution in [2.75, 3.05) is 0 Å². The minimum Gasteiger partial charge on any atom is -0.329 e. The van der Waals surface area contributed by atoms with Crippen LogP contribution in [0.2, 0.25) is 0 Å². The van der Waals surface area contributed by atoms with Gasteiger partial charge in [-0.2, -0.15) is 11.6 Å². The Balaban J connectivity index is 0.000001000. The van der Waals surface area contributed by atoms with Gasteiger partial charge in [0.15, 0.2) is 0 Å². The molecule has 2 N–H and O–H groups in total. The SMILES string of the molecule is Cc1[c-]sc(C[C@@H](C)N)c1.[Y]. The van der Waals surface area contributed by atoms with Crippen LogP contribution >= 0.6 is 11.3 Å². The molecule has 0 aliphatic rings. The summed E-state index contributed by atoms with van der Waals surface area (Å²) in [5, 5.41) is 3.16. The van der Waals surface area contributed by atoms with E-state index >= 15 is 0 Å². The Labute approximate surface area is 97.3 Å². The summed E-state index contributed by atoms with van der Waals surface area (Å²) >= 11 is 1.67. The van der Waals surface area contributed by atoms with Gasteiger partial charge in [-0.1, -0.05) is 20.3 Å². The second-order valence-corrected chi connectivity index (χ2v) is 3.61. The number of nitrogens with two attached hydrogens (primary N) is 1. The van der Waals surface area contributed by atoms with Crippen LogP contribution in [0.15, 0.2) is 6.07 Å². The first-order chi connectivity index (χ1) is 4.68.